The van der Waals surface area contributed by atoms with Crippen LogP contribution in [0.15, 0.2) is 47.1 Å². The lowest BCUT2D eigenvalue weighted by atomic mass is 9.69. The SMILES string of the molecule is O=C(CN1C(=O)C2(CCC(Oc3ccc4[nH]ncc4c3)CC2)c2c(Br)cccc21)NCC(F)(F)F. The third kappa shape index (κ3) is 4.49. The standard InChI is InChI=1S/C24H22BrF3N4O3/c25-17-2-1-3-19-21(17)23(22(34)32(19)12-20(33)29-13-24(26,27)28)8-6-15(7-9-23)35-16-4-5-18-14(10-16)11-30-31-18/h1-5,10-11,15H,6-9,12-13H2,(H,29,33)(H,30,31). The molecule has 0 atom stereocenters. The average molecular weight is 551 g/mol. The summed E-state index contributed by atoms with van der Waals surface area (Å²) in [6.45, 7) is -1.90. The minimum Gasteiger partial charge on any atom is -0.490 e. The van der Waals surface area contributed by atoms with Gasteiger partial charge in [-0.2, -0.15) is 18.3 Å². The molecule has 11 heteroatoms. The fraction of sp³-hybridized carbons (Fsp3) is 0.375. The first-order valence-corrected chi connectivity index (χ1v) is 12.0. The van der Waals surface area contributed by atoms with E-state index < -0.39 is 30.6 Å². The number of nitrogens with zero attached hydrogens (tertiary/aromatic N) is 2. The van der Waals surface area contributed by atoms with Gasteiger partial charge in [-0.3, -0.25) is 14.7 Å². The normalized spacial score (nSPS) is 22.0. The van der Waals surface area contributed by atoms with Crippen LogP contribution in [0.25, 0.3) is 10.9 Å². The van der Waals surface area contributed by atoms with Gasteiger partial charge >= 0.3 is 6.18 Å². The fourth-order valence-corrected chi connectivity index (χ4v) is 5.83. The summed E-state index contributed by atoms with van der Waals surface area (Å²) in [5, 5.41) is 9.71. The van der Waals surface area contributed by atoms with Crippen molar-refractivity contribution in [1.29, 1.82) is 0 Å². The maximum Gasteiger partial charge on any atom is 0.405 e. The molecule has 1 fully saturated rings. The summed E-state index contributed by atoms with van der Waals surface area (Å²) in [6.07, 6.45) is -0.653. The Balaban J connectivity index is 1.33. The van der Waals surface area contributed by atoms with Crippen molar-refractivity contribution in [2.45, 2.75) is 43.4 Å². The number of nitrogens with one attached hydrogen (secondary N) is 2. The lowest BCUT2D eigenvalue weighted by Crippen LogP contribution is -2.48. The van der Waals surface area contributed by atoms with Gasteiger partial charge in [-0.1, -0.05) is 22.0 Å². The van der Waals surface area contributed by atoms with Gasteiger partial charge in [0.05, 0.1) is 23.2 Å². The molecule has 184 valence electrons. The number of ether oxygens (including phenoxy) is 1. The molecule has 0 radical (unpaired) electrons. The Labute approximate surface area is 207 Å². The second-order valence-corrected chi connectivity index (χ2v) is 9.79. The number of alkyl halides is 3. The van der Waals surface area contributed by atoms with E-state index in [0.717, 1.165) is 26.7 Å². The van der Waals surface area contributed by atoms with Crippen LogP contribution >= 0.6 is 15.9 Å². The number of aromatic amines is 1. The molecule has 35 heavy (non-hydrogen) atoms. The Morgan fingerprint density at radius 1 is 1.26 bits per heavy atom. The van der Waals surface area contributed by atoms with Gasteiger partial charge in [-0.05, 0) is 56.0 Å². The number of rotatable bonds is 5. The Bertz CT molecular complexity index is 1280. The predicted octanol–water partition coefficient (Wildman–Crippen LogP) is 4.61. The molecule has 7 nitrogen and oxygen atoms in total. The number of hydrogen-bond donors (Lipinski definition) is 2. The Morgan fingerprint density at radius 2 is 2.03 bits per heavy atom. The van der Waals surface area contributed by atoms with E-state index >= 15 is 0 Å². The van der Waals surface area contributed by atoms with Crippen LogP contribution in [0.5, 0.6) is 5.75 Å². The number of hydrogen-bond acceptors (Lipinski definition) is 4. The van der Waals surface area contributed by atoms with E-state index in [2.05, 4.69) is 26.1 Å². The van der Waals surface area contributed by atoms with Gasteiger partial charge in [-0.15, -0.1) is 0 Å². The molecule has 2 amide bonds. The molecule has 0 unspecified atom stereocenters. The number of fused-ring (bicyclic) bond motifs is 3. The van der Waals surface area contributed by atoms with Crippen LogP contribution < -0.4 is 15.0 Å². The number of carbonyl (C=O) groups is 2. The summed E-state index contributed by atoms with van der Waals surface area (Å²) in [5.41, 5.74) is 1.40. The molecule has 5 rings (SSSR count). The van der Waals surface area contributed by atoms with E-state index in [4.69, 9.17) is 4.74 Å². The zero-order chi connectivity index (χ0) is 24.8. The first kappa shape index (κ1) is 23.7. The van der Waals surface area contributed by atoms with Crippen LogP contribution in [-0.4, -0.2) is 47.4 Å². The van der Waals surface area contributed by atoms with E-state index in [1.807, 2.05) is 29.6 Å². The fourth-order valence-electron chi connectivity index (χ4n) is 5.09. The van der Waals surface area contributed by atoms with Crippen LogP contribution in [-0.2, 0) is 15.0 Å². The molecule has 2 heterocycles. The first-order valence-electron chi connectivity index (χ1n) is 11.2. The van der Waals surface area contributed by atoms with Crippen molar-refractivity contribution in [3.8, 4) is 5.75 Å². The van der Waals surface area contributed by atoms with E-state index in [1.165, 1.54) is 4.90 Å². The zero-order valence-corrected chi connectivity index (χ0v) is 20.1. The van der Waals surface area contributed by atoms with Gasteiger partial charge in [0.2, 0.25) is 11.8 Å². The Kier molecular flexibility index (Phi) is 5.98. The maximum atomic E-state index is 13.7. The summed E-state index contributed by atoms with van der Waals surface area (Å²) >= 11 is 3.56. The highest BCUT2D eigenvalue weighted by molar-refractivity contribution is 9.10. The lowest BCUT2D eigenvalue weighted by molar-refractivity contribution is -0.138. The molecule has 1 spiro atoms. The molecule has 1 aliphatic carbocycles. The average Bonchev–Trinajstić information content (AvgIpc) is 3.37. The van der Waals surface area contributed by atoms with Crippen molar-refractivity contribution >= 4 is 44.3 Å². The molecule has 1 saturated carbocycles. The maximum absolute atomic E-state index is 13.7. The smallest absolute Gasteiger partial charge is 0.405 e. The monoisotopic (exact) mass is 550 g/mol. The molecule has 2 N–H and O–H groups in total. The molecular weight excluding hydrogens is 529 g/mol. The summed E-state index contributed by atoms with van der Waals surface area (Å²) < 4.78 is 44.5. The molecule has 0 saturated heterocycles. The molecule has 1 aromatic heterocycles. The summed E-state index contributed by atoms with van der Waals surface area (Å²) in [7, 11) is 0. The van der Waals surface area contributed by atoms with Gasteiger partial charge in [0, 0.05) is 21.1 Å². The molecular formula is C24H22BrF3N4O3. The number of aromatic nitrogens is 2. The predicted molar refractivity (Wildman–Crippen MR) is 126 cm³/mol. The van der Waals surface area contributed by atoms with Crippen molar-refractivity contribution < 1.29 is 27.5 Å². The van der Waals surface area contributed by atoms with Crippen molar-refractivity contribution in [2.75, 3.05) is 18.0 Å². The molecule has 2 aliphatic rings. The third-order valence-electron chi connectivity index (χ3n) is 6.70. The van der Waals surface area contributed by atoms with E-state index in [-0.39, 0.29) is 12.0 Å². The van der Waals surface area contributed by atoms with Gasteiger partial charge in [0.1, 0.15) is 18.8 Å². The van der Waals surface area contributed by atoms with E-state index in [0.29, 0.717) is 31.4 Å². The number of amides is 2. The largest absolute Gasteiger partial charge is 0.490 e. The topological polar surface area (TPSA) is 87.3 Å². The third-order valence-corrected chi connectivity index (χ3v) is 7.36. The van der Waals surface area contributed by atoms with Crippen molar-refractivity contribution in [3.05, 3.63) is 52.6 Å². The van der Waals surface area contributed by atoms with Crippen molar-refractivity contribution in [2.24, 2.45) is 0 Å². The molecule has 3 aromatic rings. The number of H-pyrrole nitrogens is 1. The minimum atomic E-state index is -4.52. The summed E-state index contributed by atoms with van der Waals surface area (Å²) in [5.74, 6) is -0.396. The summed E-state index contributed by atoms with van der Waals surface area (Å²) in [6, 6.07) is 11.0. The highest BCUT2D eigenvalue weighted by atomic mass is 79.9. The van der Waals surface area contributed by atoms with Gasteiger partial charge < -0.3 is 15.0 Å². The first-order chi connectivity index (χ1) is 16.7. The van der Waals surface area contributed by atoms with Gasteiger partial charge in [0.15, 0.2) is 0 Å². The quantitative estimate of drug-likeness (QED) is 0.485. The molecule has 1 aliphatic heterocycles. The van der Waals surface area contributed by atoms with Crippen molar-refractivity contribution in [3.63, 3.8) is 0 Å². The van der Waals surface area contributed by atoms with Crippen LogP contribution in [0.1, 0.15) is 31.2 Å². The number of carbonyl (C=O) groups excluding carboxylic acids is 2. The second kappa shape index (κ2) is 8.85. The van der Waals surface area contributed by atoms with Crippen LogP contribution in [0, 0.1) is 0 Å². The number of anilines is 1. The highest BCUT2D eigenvalue weighted by Gasteiger charge is 2.53. The van der Waals surface area contributed by atoms with Crippen LogP contribution in [0.2, 0.25) is 0 Å². The van der Waals surface area contributed by atoms with Crippen molar-refractivity contribution in [1.82, 2.24) is 15.5 Å². The number of halogens is 4. The highest BCUT2D eigenvalue weighted by Crippen LogP contribution is 2.53. The Morgan fingerprint density at radius 3 is 2.77 bits per heavy atom. The lowest BCUT2D eigenvalue weighted by Gasteiger charge is -2.36. The molecule has 2 aromatic carbocycles. The number of benzene rings is 2. The zero-order valence-electron chi connectivity index (χ0n) is 18.5. The second-order valence-electron chi connectivity index (χ2n) is 8.94. The van der Waals surface area contributed by atoms with E-state index in [1.54, 1.807) is 18.3 Å². The minimum absolute atomic E-state index is 0.0900. The van der Waals surface area contributed by atoms with Crippen LogP contribution in [0.3, 0.4) is 0 Å². The summed E-state index contributed by atoms with van der Waals surface area (Å²) in [4.78, 5) is 27.2. The van der Waals surface area contributed by atoms with E-state index in [9.17, 15) is 22.8 Å². The Hall–Kier alpha value is -3.08. The van der Waals surface area contributed by atoms with Crippen LogP contribution in [0.4, 0.5) is 18.9 Å². The molecule has 0 bridgehead atoms. The van der Waals surface area contributed by atoms with Gasteiger partial charge in [-0.25, -0.2) is 0 Å². The van der Waals surface area contributed by atoms with Gasteiger partial charge in [0.25, 0.3) is 0 Å².